The van der Waals surface area contributed by atoms with Crippen molar-refractivity contribution >= 4 is 44.5 Å². The van der Waals surface area contributed by atoms with Gasteiger partial charge in [-0.2, -0.15) is 5.10 Å². The number of nitrogens with one attached hydrogen (secondary N) is 1. The van der Waals surface area contributed by atoms with Gasteiger partial charge in [0.25, 0.3) is 0 Å². The predicted molar refractivity (Wildman–Crippen MR) is 97.2 cm³/mol. The molecule has 0 bridgehead atoms. The summed E-state index contributed by atoms with van der Waals surface area (Å²) in [6, 6.07) is 0. The molecule has 0 radical (unpaired) electrons. The van der Waals surface area contributed by atoms with Crippen molar-refractivity contribution in [3.8, 4) is 0 Å². The van der Waals surface area contributed by atoms with E-state index in [1.807, 2.05) is 12.4 Å². The van der Waals surface area contributed by atoms with Crippen LogP contribution in [-0.4, -0.2) is 58.0 Å². The van der Waals surface area contributed by atoms with E-state index in [4.69, 9.17) is 0 Å². The Morgan fingerprint density at radius 3 is 3.13 bits per heavy atom. The number of rotatable bonds is 5. The highest BCUT2D eigenvalue weighted by Crippen LogP contribution is 2.24. The topological polar surface area (TPSA) is 60.8 Å². The molecule has 23 heavy (non-hydrogen) atoms. The lowest BCUT2D eigenvalue weighted by Gasteiger charge is -2.34. The van der Waals surface area contributed by atoms with Crippen LogP contribution in [0, 0.1) is 5.92 Å². The maximum absolute atomic E-state index is 11.1. The standard InChI is InChI=1S/C15H22BrN5OS/c1-11(22)19-15-17-6-14(23-15)10-20-4-2-3-12(7-20)8-21-9-13(16)5-18-21/h5-6,12-13H,2-4,7-10H2,1H3,(H,17,19,22). The molecule has 1 aromatic heterocycles. The summed E-state index contributed by atoms with van der Waals surface area (Å²) in [6.45, 7) is 6.67. The van der Waals surface area contributed by atoms with Gasteiger partial charge in [0.05, 0.1) is 11.4 Å². The molecular formula is C15H22BrN5OS. The molecule has 1 saturated heterocycles. The lowest BCUT2D eigenvalue weighted by atomic mass is 9.98. The molecule has 126 valence electrons. The predicted octanol–water partition coefficient (Wildman–Crippen LogP) is 2.38. The normalized spacial score (nSPS) is 25.0. The van der Waals surface area contributed by atoms with E-state index in [0.29, 0.717) is 15.9 Å². The second-order valence-corrected chi connectivity index (χ2v) is 8.50. The van der Waals surface area contributed by atoms with Crippen LogP contribution in [0.3, 0.4) is 0 Å². The van der Waals surface area contributed by atoms with Gasteiger partial charge in [-0.3, -0.25) is 14.7 Å². The third kappa shape index (κ3) is 4.99. The number of nitrogens with zero attached hydrogens (tertiary/aromatic N) is 4. The number of hydrogen-bond donors (Lipinski definition) is 1. The lowest BCUT2D eigenvalue weighted by Crippen LogP contribution is -2.39. The van der Waals surface area contributed by atoms with Crippen molar-refractivity contribution in [2.24, 2.45) is 11.0 Å². The Morgan fingerprint density at radius 2 is 2.39 bits per heavy atom. The molecule has 0 saturated carbocycles. The van der Waals surface area contributed by atoms with E-state index < -0.39 is 0 Å². The summed E-state index contributed by atoms with van der Waals surface area (Å²) in [5.41, 5.74) is 0. The zero-order valence-corrected chi connectivity index (χ0v) is 15.6. The molecule has 1 fully saturated rings. The molecule has 8 heteroatoms. The number of hydrazone groups is 1. The largest absolute Gasteiger partial charge is 0.302 e. The Morgan fingerprint density at radius 1 is 1.52 bits per heavy atom. The molecule has 3 rings (SSSR count). The first-order valence-corrected chi connectivity index (χ1v) is 9.69. The van der Waals surface area contributed by atoms with Gasteiger partial charge in [-0.1, -0.05) is 15.9 Å². The number of carbonyl (C=O) groups is 1. The number of hydrogen-bond acceptors (Lipinski definition) is 6. The van der Waals surface area contributed by atoms with Gasteiger partial charge in [-0.25, -0.2) is 4.98 Å². The van der Waals surface area contributed by atoms with Crippen LogP contribution < -0.4 is 5.32 Å². The van der Waals surface area contributed by atoms with Crippen LogP contribution in [0.4, 0.5) is 5.13 Å². The number of thiazole rings is 1. The van der Waals surface area contributed by atoms with Crippen molar-refractivity contribution in [1.29, 1.82) is 0 Å². The van der Waals surface area contributed by atoms with Crippen LogP contribution in [0.5, 0.6) is 0 Å². The van der Waals surface area contributed by atoms with Gasteiger partial charge in [0.2, 0.25) is 5.91 Å². The fraction of sp³-hybridized carbons (Fsp3) is 0.667. The zero-order valence-electron chi connectivity index (χ0n) is 13.2. The lowest BCUT2D eigenvalue weighted by molar-refractivity contribution is -0.114. The van der Waals surface area contributed by atoms with Crippen molar-refractivity contribution in [2.45, 2.75) is 31.1 Å². The summed E-state index contributed by atoms with van der Waals surface area (Å²) in [4.78, 5) is 19.4. The van der Waals surface area contributed by atoms with Crippen molar-refractivity contribution < 1.29 is 4.79 Å². The maximum Gasteiger partial charge on any atom is 0.223 e. The van der Waals surface area contributed by atoms with E-state index >= 15 is 0 Å². The fourth-order valence-corrected chi connectivity index (χ4v) is 4.48. The van der Waals surface area contributed by atoms with Crippen LogP contribution in [0.15, 0.2) is 11.3 Å². The van der Waals surface area contributed by atoms with E-state index in [9.17, 15) is 4.79 Å². The SMILES string of the molecule is CC(=O)Nc1ncc(CN2CCCC(CN3CC(Br)C=N3)C2)s1. The van der Waals surface area contributed by atoms with Crippen molar-refractivity contribution in [3.05, 3.63) is 11.1 Å². The molecule has 2 unspecified atom stereocenters. The van der Waals surface area contributed by atoms with Crippen LogP contribution >= 0.6 is 27.3 Å². The third-order valence-corrected chi connectivity index (χ3v) is 5.49. The summed E-state index contributed by atoms with van der Waals surface area (Å²) in [5.74, 6) is 0.599. The van der Waals surface area contributed by atoms with Gasteiger partial charge in [-0.05, 0) is 25.3 Å². The maximum atomic E-state index is 11.1. The summed E-state index contributed by atoms with van der Waals surface area (Å²) in [7, 11) is 0. The summed E-state index contributed by atoms with van der Waals surface area (Å²) in [5, 5.41) is 10.1. The summed E-state index contributed by atoms with van der Waals surface area (Å²) < 4.78 is 0. The monoisotopic (exact) mass is 399 g/mol. The Labute approximate surface area is 149 Å². The second-order valence-electron chi connectivity index (χ2n) is 6.21. The highest BCUT2D eigenvalue weighted by molar-refractivity contribution is 9.10. The van der Waals surface area contributed by atoms with Gasteiger partial charge < -0.3 is 5.32 Å². The number of aromatic nitrogens is 1. The van der Waals surface area contributed by atoms with E-state index in [1.165, 1.54) is 24.6 Å². The fourth-order valence-electron chi connectivity index (χ4n) is 3.14. The molecule has 1 amide bonds. The molecule has 6 nitrogen and oxygen atoms in total. The molecule has 3 heterocycles. The number of likely N-dealkylation sites (tertiary alicyclic amines) is 1. The van der Waals surface area contributed by atoms with Gasteiger partial charge >= 0.3 is 0 Å². The first-order valence-electron chi connectivity index (χ1n) is 7.96. The highest BCUT2D eigenvalue weighted by Gasteiger charge is 2.24. The van der Waals surface area contributed by atoms with E-state index in [-0.39, 0.29) is 5.91 Å². The number of carbonyl (C=O) groups excluding carboxylic acids is 1. The van der Waals surface area contributed by atoms with Crippen LogP contribution in [0.25, 0.3) is 0 Å². The van der Waals surface area contributed by atoms with E-state index in [2.05, 4.69) is 41.2 Å². The minimum atomic E-state index is -0.0693. The Kier molecular flexibility index (Phi) is 5.66. The van der Waals surface area contributed by atoms with Gasteiger partial charge in [0, 0.05) is 43.8 Å². The average molecular weight is 400 g/mol. The number of amides is 1. The van der Waals surface area contributed by atoms with E-state index in [0.717, 1.165) is 32.7 Å². The minimum absolute atomic E-state index is 0.0693. The summed E-state index contributed by atoms with van der Waals surface area (Å²) in [6.07, 6.45) is 6.35. The van der Waals surface area contributed by atoms with Crippen LogP contribution in [0.1, 0.15) is 24.6 Å². The van der Waals surface area contributed by atoms with Crippen molar-refractivity contribution in [1.82, 2.24) is 14.9 Å². The first kappa shape index (κ1) is 16.9. The second kappa shape index (κ2) is 7.72. The van der Waals surface area contributed by atoms with Crippen molar-refractivity contribution in [3.63, 3.8) is 0 Å². The average Bonchev–Trinajstić information content (AvgIpc) is 3.08. The molecule has 0 aliphatic carbocycles. The number of halogens is 1. The zero-order chi connectivity index (χ0) is 16.2. The molecule has 2 aliphatic rings. The Balaban J connectivity index is 1.49. The van der Waals surface area contributed by atoms with Gasteiger partial charge in [0.15, 0.2) is 5.13 Å². The van der Waals surface area contributed by atoms with Crippen LogP contribution in [-0.2, 0) is 11.3 Å². The highest BCUT2D eigenvalue weighted by atomic mass is 79.9. The molecule has 0 aromatic carbocycles. The number of alkyl halides is 1. The molecule has 0 spiro atoms. The molecule has 2 atom stereocenters. The molecule has 1 N–H and O–H groups in total. The molecule has 2 aliphatic heterocycles. The first-order chi connectivity index (χ1) is 11.1. The van der Waals surface area contributed by atoms with Crippen molar-refractivity contribution in [2.75, 3.05) is 31.5 Å². The number of piperidine rings is 1. The van der Waals surface area contributed by atoms with E-state index in [1.54, 1.807) is 11.3 Å². The van der Waals surface area contributed by atoms with Gasteiger partial charge in [-0.15, -0.1) is 11.3 Å². The smallest absolute Gasteiger partial charge is 0.223 e. The third-order valence-electron chi connectivity index (χ3n) is 4.06. The Bertz CT molecular complexity index is 578. The van der Waals surface area contributed by atoms with Crippen LogP contribution in [0.2, 0.25) is 0 Å². The minimum Gasteiger partial charge on any atom is -0.302 e. The van der Waals surface area contributed by atoms with Gasteiger partial charge in [0.1, 0.15) is 0 Å². The molecular weight excluding hydrogens is 378 g/mol. The Hall–Kier alpha value is -0.990. The quantitative estimate of drug-likeness (QED) is 0.772. The summed E-state index contributed by atoms with van der Waals surface area (Å²) >= 11 is 5.15. The number of anilines is 1. The molecule has 1 aromatic rings.